The molecule has 124 valence electrons. The molecule has 1 aromatic heterocycles. The van der Waals surface area contributed by atoms with Gasteiger partial charge in [-0.15, -0.1) is 10.2 Å². The third kappa shape index (κ3) is 4.72. The zero-order valence-electron chi connectivity index (χ0n) is 13.4. The number of carboxylic acids is 1. The van der Waals surface area contributed by atoms with Crippen LogP contribution in [0.2, 0.25) is 0 Å². The van der Waals surface area contributed by atoms with Crippen LogP contribution in [0.5, 0.6) is 5.75 Å². The Morgan fingerprint density at radius 2 is 2.00 bits per heavy atom. The summed E-state index contributed by atoms with van der Waals surface area (Å²) in [5.74, 6) is 1.67. The number of nitrogens with zero attached hydrogens (tertiary/aromatic N) is 3. The number of aromatic nitrogens is 3. The third-order valence-corrected chi connectivity index (χ3v) is 4.37. The van der Waals surface area contributed by atoms with Gasteiger partial charge < -0.3 is 14.4 Å². The van der Waals surface area contributed by atoms with Crippen molar-refractivity contribution in [3.8, 4) is 5.75 Å². The van der Waals surface area contributed by atoms with Crippen LogP contribution in [0.15, 0.2) is 29.4 Å². The van der Waals surface area contributed by atoms with Crippen LogP contribution in [0.25, 0.3) is 0 Å². The Morgan fingerprint density at radius 1 is 1.26 bits per heavy atom. The van der Waals surface area contributed by atoms with Gasteiger partial charge in [0.15, 0.2) is 5.16 Å². The summed E-state index contributed by atoms with van der Waals surface area (Å²) in [7, 11) is 0. The summed E-state index contributed by atoms with van der Waals surface area (Å²) >= 11 is 1.68. The minimum Gasteiger partial charge on any atom is -0.494 e. The van der Waals surface area contributed by atoms with E-state index in [9.17, 15) is 4.79 Å². The van der Waals surface area contributed by atoms with Crippen LogP contribution in [0, 0.1) is 0 Å². The third-order valence-electron chi connectivity index (χ3n) is 3.32. The van der Waals surface area contributed by atoms with Crippen molar-refractivity contribution in [2.45, 2.75) is 38.4 Å². The van der Waals surface area contributed by atoms with E-state index in [1.807, 2.05) is 0 Å². The Balaban J connectivity index is 1.73. The molecule has 0 fully saturated rings. The van der Waals surface area contributed by atoms with Gasteiger partial charge in [-0.25, -0.2) is 4.79 Å². The molecule has 0 aliphatic heterocycles. The van der Waals surface area contributed by atoms with Crippen LogP contribution in [0.3, 0.4) is 0 Å². The number of carboxylic acid groups (broad SMARTS) is 1. The molecule has 0 spiro atoms. The van der Waals surface area contributed by atoms with E-state index >= 15 is 0 Å². The molecule has 0 bridgehead atoms. The average Bonchev–Trinajstić information content (AvgIpc) is 2.97. The summed E-state index contributed by atoms with van der Waals surface area (Å²) in [6.07, 6.45) is 1.76. The van der Waals surface area contributed by atoms with Gasteiger partial charge in [0.2, 0.25) is 0 Å². The van der Waals surface area contributed by atoms with Crippen molar-refractivity contribution in [3.63, 3.8) is 0 Å². The van der Waals surface area contributed by atoms with Crippen LogP contribution in [0.4, 0.5) is 0 Å². The molecular formula is C16H21N3O3S. The van der Waals surface area contributed by atoms with Gasteiger partial charge in [-0.1, -0.05) is 18.7 Å². The molecule has 0 amide bonds. The second-order valence-corrected chi connectivity index (χ2v) is 5.94. The SMILES string of the molecule is CCc1nnc(SCCCOc2ccc(C(=O)O)cc2)n1CC. The lowest BCUT2D eigenvalue weighted by atomic mass is 10.2. The molecule has 0 saturated carbocycles. The lowest BCUT2D eigenvalue weighted by Crippen LogP contribution is -2.03. The Hall–Kier alpha value is -2.02. The van der Waals surface area contributed by atoms with Gasteiger partial charge in [0.05, 0.1) is 12.2 Å². The van der Waals surface area contributed by atoms with Crippen molar-refractivity contribution in [1.29, 1.82) is 0 Å². The number of aryl methyl sites for hydroxylation is 1. The lowest BCUT2D eigenvalue weighted by molar-refractivity contribution is 0.0697. The lowest BCUT2D eigenvalue weighted by Gasteiger charge is -2.07. The van der Waals surface area contributed by atoms with E-state index in [0.717, 1.165) is 36.1 Å². The van der Waals surface area contributed by atoms with Crippen molar-refractivity contribution in [2.75, 3.05) is 12.4 Å². The first-order chi connectivity index (χ1) is 11.2. The Labute approximate surface area is 139 Å². The maximum atomic E-state index is 10.8. The van der Waals surface area contributed by atoms with Gasteiger partial charge in [0.1, 0.15) is 11.6 Å². The number of hydrogen-bond acceptors (Lipinski definition) is 5. The first-order valence-electron chi connectivity index (χ1n) is 7.66. The summed E-state index contributed by atoms with van der Waals surface area (Å²) < 4.78 is 7.75. The summed E-state index contributed by atoms with van der Waals surface area (Å²) in [5.41, 5.74) is 0.263. The molecule has 0 radical (unpaired) electrons. The summed E-state index contributed by atoms with van der Waals surface area (Å²) in [5, 5.41) is 18.2. The standard InChI is InChI=1S/C16H21N3O3S/c1-3-14-17-18-16(19(14)4-2)23-11-5-10-22-13-8-6-12(7-9-13)15(20)21/h6-9H,3-5,10-11H2,1-2H3,(H,20,21). The van der Waals surface area contributed by atoms with Gasteiger partial charge >= 0.3 is 5.97 Å². The topological polar surface area (TPSA) is 77.2 Å². The van der Waals surface area contributed by atoms with E-state index in [4.69, 9.17) is 9.84 Å². The largest absolute Gasteiger partial charge is 0.494 e. The summed E-state index contributed by atoms with van der Waals surface area (Å²) in [6, 6.07) is 6.44. The van der Waals surface area contributed by atoms with Crippen LogP contribution in [-0.2, 0) is 13.0 Å². The normalized spacial score (nSPS) is 10.7. The molecule has 0 unspecified atom stereocenters. The fourth-order valence-corrected chi connectivity index (χ4v) is 3.04. The molecule has 0 aliphatic rings. The molecule has 2 aromatic rings. The van der Waals surface area contributed by atoms with Crippen LogP contribution in [0.1, 0.15) is 36.5 Å². The zero-order chi connectivity index (χ0) is 16.7. The zero-order valence-corrected chi connectivity index (χ0v) is 14.2. The van der Waals surface area contributed by atoms with Gasteiger partial charge in [-0.05, 0) is 37.6 Å². The number of hydrogen-bond donors (Lipinski definition) is 1. The molecule has 6 nitrogen and oxygen atoms in total. The molecule has 7 heteroatoms. The molecule has 2 rings (SSSR count). The van der Waals surface area contributed by atoms with E-state index in [-0.39, 0.29) is 5.56 Å². The van der Waals surface area contributed by atoms with Crippen molar-refractivity contribution in [3.05, 3.63) is 35.7 Å². The van der Waals surface area contributed by atoms with Gasteiger partial charge in [-0.2, -0.15) is 0 Å². The van der Waals surface area contributed by atoms with Crippen molar-refractivity contribution < 1.29 is 14.6 Å². The maximum absolute atomic E-state index is 10.8. The van der Waals surface area contributed by atoms with Crippen molar-refractivity contribution >= 4 is 17.7 Å². The van der Waals surface area contributed by atoms with E-state index in [1.54, 1.807) is 36.0 Å². The number of aromatic carboxylic acids is 1. The highest BCUT2D eigenvalue weighted by Gasteiger charge is 2.09. The van der Waals surface area contributed by atoms with E-state index in [2.05, 4.69) is 28.6 Å². The fourth-order valence-electron chi connectivity index (χ4n) is 2.11. The Morgan fingerprint density at radius 3 is 2.61 bits per heavy atom. The first-order valence-corrected chi connectivity index (χ1v) is 8.65. The number of carbonyl (C=O) groups is 1. The highest BCUT2D eigenvalue weighted by atomic mass is 32.2. The summed E-state index contributed by atoms with van der Waals surface area (Å²) in [4.78, 5) is 10.8. The van der Waals surface area contributed by atoms with E-state index in [1.165, 1.54) is 0 Å². The number of rotatable bonds is 9. The fraction of sp³-hybridized carbons (Fsp3) is 0.438. The smallest absolute Gasteiger partial charge is 0.335 e. The monoisotopic (exact) mass is 335 g/mol. The van der Waals surface area contributed by atoms with Gasteiger partial charge in [-0.3, -0.25) is 0 Å². The van der Waals surface area contributed by atoms with Gasteiger partial charge in [0, 0.05) is 18.7 Å². The highest BCUT2D eigenvalue weighted by Crippen LogP contribution is 2.19. The van der Waals surface area contributed by atoms with E-state index < -0.39 is 5.97 Å². The van der Waals surface area contributed by atoms with Gasteiger partial charge in [0.25, 0.3) is 0 Å². The number of ether oxygens (including phenoxy) is 1. The molecular weight excluding hydrogens is 314 g/mol. The van der Waals surface area contributed by atoms with Crippen molar-refractivity contribution in [1.82, 2.24) is 14.8 Å². The highest BCUT2D eigenvalue weighted by molar-refractivity contribution is 7.99. The number of benzene rings is 1. The molecule has 23 heavy (non-hydrogen) atoms. The molecule has 1 N–H and O–H groups in total. The minimum atomic E-state index is -0.931. The van der Waals surface area contributed by atoms with Crippen molar-refractivity contribution in [2.24, 2.45) is 0 Å². The molecule has 0 aliphatic carbocycles. The predicted octanol–water partition coefficient (Wildman–Crippen LogP) is 3.12. The minimum absolute atomic E-state index is 0.263. The Kier molecular flexibility index (Phi) is 6.46. The average molecular weight is 335 g/mol. The summed E-state index contributed by atoms with van der Waals surface area (Å²) in [6.45, 7) is 5.63. The van der Waals surface area contributed by atoms with Crippen LogP contribution >= 0.6 is 11.8 Å². The quantitative estimate of drug-likeness (QED) is 0.560. The van der Waals surface area contributed by atoms with Crippen LogP contribution in [-0.4, -0.2) is 38.2 Å². The van der Waals surface area contributed by atoms with E-state index in [0.29, 0.717) is 12.4 Å². The predicted molar refractivity (Wildman–Crippen MR) is 89.3 cm³/mol. The first kappa shape index (κ1) is 17.3. The molecule has 1 aromatic carbocycles. The maximum Gasteiger partial charge on any atom is 0.335 e. The molecule has 1 heterocycles. The Bertz CT molecular complexity index is 641. The molecule has 0 atom stereocenters. The number of thioether (sulfide) groups is 1. The van der Waals surface area contributed by atoms with Crippen LogP contribution < -0.4 is 4.74 Å². The second kappa shape index (κ2) is 8.57. The second-order valence-electron chi connectivity index (χ2n) is 4.88. The molecule has 0 saturated heterocycles.